The molecule has 0 amide bonds. The van der Waals surface area contributed by atoms with Crippen LogP contribution in [0.1, 0.15) is 32.2 Å². The molecule has 1 aromatic heterocycles. The number of ether oxygens (including phenoxy) is 2. The Bertz CT molecular complexity index is 411. The minimum absolute atomic E-state index is 0.210. The minimum Gasteiger partial charge on any atom is -0.489 e. The molecule has 0 aliphatic heterocycles. The van der Waals surface area contributed by atoms with Crippen molar-refractivity contribution < 1.29 is 14.6 Å². The van der Waals surface area contributed by atoms with E-state index in [-0.39, 0.29) is 13.2 Å². The lowest BCUT2D eigenvalue weighted by Crippen LogP contribution is -2.25. The minimum atomic E-state index is -0.622. The molecule has 0 saturated carbocycles. The molecule has 0 aromatic carbocycles. The van der Waals surface area contributed by atoms with Crippen LogP contribution in [0.15, 0.2) is 12.1 Å². The molecule has 0 fully saturated rings. The number of aryl methyl sites for hydroxylation is 1. The average molecular weight is 296 g/mol. The molecule has 5 nitrogen and oxygen atoms in total. The Kier molecular flexibility index (Phi) is 8.27. The molecule has 1 aromatic rings. The summed E-state index contributed by atoms with van der Waals surface area (Å²) in [6, 6.07) is 3.82. The maximum Gasteiger partial charge on any atom is 0.142 e. The summed E-state index contributed by atoms with van der Waals surface area (Å²) >= 11 is 0. The summed E-state index contributed by atoms with van der Waals surface area (Å²) < 4.78 is 10.8. The average Bonchev–Trinajstić information content (AvgIpc) is 2.43. The van der Waals surface area contributed by atoms with Gasteiger partial charge in [0, 0.05) is 18.8 Å². The quantitative estimate of drug-likeness (QED) is 0.690. The van der Waals surface area contributed by atoms with Crippen molar-refractivity contribution in [2.24, 2.45) is 5.92 Å². The first kappa shape index (κ1) is 17.9. The predicted molar refractivity (Wildman–Crippen MR) is 83.5 cm³/mol. The smallest absolute Gasteiger partial charge is 0.142 e. The van der Waals surface area contributed by atoms with Gasteiger partial charge < -0.3 is 19.9 Å². The van der Waals surface area contributed by atoms with Crippen LogP contribution in [-0.2, 0) is 11.3 Å². The predicted octanol–water partition coefficient (Wildman–Crippen LogP) is 1.91. The number of rotatable bonds is 10. The van der Waals surface area contributed by atoms with Crippen molar-refractivity contribution in [1.29, 1.82) is 0 Å². The second-order valence-corrected chi connectivity index (χ2v) is 5.55. The molecular formula is C16H28N2O3. The Morgan fingerprint density at radius 3 is 2.71 bits per heavy atom. The first-order valence-electron chi connectivity index (χ1n) is 7.58. The van der Waals surface area contributed by atoms with Crippen LogP contribution in [0.5, 0.6) is 5.75 Å². The monoisotopic (exact) mass is 296 g/mol. The first-order valence-corrected chi connectivity index (χ1v) is 7.58. The highest BCUT2D eigenvalue weighted by Gasteiger charge is 2.10. The van der Waals surface area contributed by atoms with Crippen LogP contribution in [0, 0.1) is 12.8 Å². The van der Waals surface area contributed by atoms with Crippen LogP contribution in [0.25, 0.3) is 0 Å². The van der Waals surface area contributed by atoms with Gasteiger partial charge in [0.1, 0.15) is 18.5 Å². The second kappa shape index (κ2) is 9.71. The Hall–Kier alpha value is -1.17. The SMILES string of the molecule is CCOCC(O)COc1ccc(C)nc1CNCC(C)C. The number of hydrogen-bond acceptors (Lipinski definition) is 5. The van der Waals surface area contributed by atoms with E-state index in [1.807, 2.05) is 26.0 Å². The van der Waals surface area contributed by atoms with Gasteiger partial charge in [-0.15, -0.1) is 0 Å². The van der Waals surface area contributed by atoms with Crippen LogP contribution in [0.3, 0.4) is 0 Å². The van der Waals surface area contributed by atoms with E-state index in [4.69, 9.17) is 9.47 Å². The molecule has 21 heavy (non-hydrogen) atoms. The van der Waals surface area contributed by atoms with E-state index in [0.717, 1.165) is 17.9 Å². The van der Waals surface area contributed by atoms with E-state index in [0.29, 0.717) is 24.8 Å². The van der Waals surface area contributed by atoms with Crippen LogP contribution in [0.4, 0.5) is 0 Å². The van der Waals surface area contributed by atoms with Crippen molar-refractivity contribution >= 4 is 0 Å². The molecule has 1 unspecified atom stereocenters. The van der Waals surface area contributed by atoms with E-state index in [2.05, 4.69) is 24.1 Å². The van der Waals surface area contributed by atoms with E-state index in [9.17, 15) is 5.11 Å². The second-order valence-electron chi connectivity index (χ2n) is 5.55. The molecule has 1 rings (SSSR count). The van der Waals surface area contributed by atoms with Gasteiger partial charge in [-0.05, 0) is 38.4 Å². The molecule has 0 aliphatic rings. The number of pyridine rings is 1. The Morgan fingerprint density at radius 2 is 2.05 bits per heavy atom. The van der Waals surface area contributed by atoms with Gasteiger partial charge in [0.25, 0.3) is 0 Å². The van der Waals surface area contributed by atoms with Gasteiger partial charge in [-0.3, -0.25) is 4.98 Å². The van der Waals surface area contributed by atoms with Gasteiger partial charge in [0.2, 0.25) is 0 Å². The zero-order valence-corrected chi connectivity index (χ0v) is 13.6. The van der Waals surface area contributed by atoms with Crippen molar-refractivity contribution in [3.63, 3.8) is 0 Å². The van der Waals surface area contributed by atoms with Crippen molar-refractivity contribution in [3.8, 4) is 5.75 Å². The first-order chi connectivity index (χ1) is 10.0. The van der Waals surface area contributed by atoms with Gasteiger partial charge >= 0.3 is 0 Å². The summed E-state index contributed by atoms with van der Waals surface area (Å²) in [7, 11) is 0. The molecule has 2 N–H and O–H groups in total. The Balaban J connectivity index is 2.55. The van der Waals surface area contributed by atoms with Crippen LogP contribution >= 0.6 is 0 Å². The Morgan fingerprint density at radius 1 is 1.29 bits per heavy atom. The summed E-state index contributed by atoms with van der Waals surface area (Å²) in [4.78, 5) is 4.51. The normalized spacial score (nSPS) is 12.7. The van der Waals surface area contributed by atoms with E-state index in [1.165, 1.54) is 0 Å². The van der Waals surface area contributed by atoms with E-state index >= 15 is 0 Å². The number of aromatic nitrogens is 1. The third-order valence-electron chi connectivity index (χ3n) is 2.86. The third kappa shape index (κ3) is 7.41. The highest BCUT2D eigenvalue weighted by atomic mass is 16.5. The largest absolute Gasteiger partial charge is 0.489 e. The van der Waals surface area contributed by atoms with E-state index in [1.54, 1.807) is 0 Å². The summed E-state index contributed by atoms with van der Waals surface area (Å²) in [6.45, 7) is 10.9. The van der Waals surface area contributed by atoms with Crippen LogP contribution in [0.2, 0.25) is 0 Å². The summed E-state index contributed by atoms with van der Waals surface area (Å²) in [5.74, 6) is 1.31. The molecule has 5 heteroatoms. The lowest BCUT2D eigenvalue weighted by Gasteiger charge is -2.15. The van der Waals surface area contributed by atoms with Crippen molar-refractivity contribution in [2.45, 2.75) is 40.3 Å². The van der Waals surface area contributed by atoms with Gasteiger partial charge in [-0.1, -0.05) is 13.8 Å². The van der Waals surface area contributed by atoms with Crippen molar-refractivity contribution in [2.75, 3.05) is 26.4 Å². The molecular weight excluding hydrogens is 268 g/mol. The number of nitrogens with one attached hydrogen (secondary N) is 1. The molecule has 0 aliphatic carbocycles. The fraction of sp³-hybridized carbons (Fsp3) is 0.688. The zero-order valence-electron chi connectivity index (χ0n) is 13.6. The van der Waals surface area contributed by atoms with E-state index < -0.39 is 6.10 Å². The number of hydrogen-bond donors (Lipinski definition) is 2. The zero-order chi connectivity index (χ0) is 15.7. The lowest BCUT2D eigenvalue weighted by atomic mass is 10.2. The number of aliphatic hydroxyl groups excluding tert-OH is 1. The molecule has 0 bridgehead atoms. The summed E-state index contributed by atoms with van der Waals surface area (Å²) in [6.07, 6.45) is -0.622. The molecule has 0 radical (unpaired) electrons. The maximum absolute atomic E-state index is 9.75. The standard InChI is InChI=1S/C16H28N2O3/c1-5-20-10-14(19)11-21-16-7-6-13(4)18-15(16)9-17-8-12(2)3/h6-7,12,14,17,19H,5,8-11H2,1-4H3. The molecule has 0 saturated heterocycles. The highest BCUT2D eigenvalue weighted by Crippen LogP contribution is 2.17. The van der Waals surface area contributed by atoms with Crippen molar-refractivity contribution in [3.05, 3.63) is 23.5 Å². The highest BCUT2D eigenvalue weighted by molar-refractivity contribution is 5.29. The lowest BCUT2D eigenvalue weighted by molar-refractivity contribution is 0.0161. The molecule has 0 spiro atoms. The van der Waals surface area contributed by atoms with Crippen molar-refractivity contribution in [1.82, 2.24) is 10.3 Å². The van der Waals surface area contributed by atoms with Gasteiger partial charge in [-0.25, -0.2) is 0 Å². The topological polar surface area (TPSA) is 63.6 Å². The molecule has 1 atom stereocenters. The molecule has 1 heterocycles. The number of nitrogens with zero attached hydrogens (tertiary/aromatic N) is 1. The summed E-state index contributed by atoms with van der Waals surface area (Å²) in [5.41, 5.74) is 1.83. The summed E-state index contributed by atoms with van der Waals surface area (Å²) in [5, 5.41) is 13.1. The number of aliphatic hydroxyl groups is 1. The Labute approximate surface area is 127 Å². The van der Waals surface area contributed by atoms with Gasteiger partial charge in [0.15, 0.2) is 0 Å². The van der Waals surface area contributed by atoms with Crippen LogP contribution < -0.4 is 10.1 Å². The van der Waals surface area contributed by atoms with Crippen LogP contribution in [-0.4, -0.2) is 42.6 Å². The molecule has 120 valence electrons. The maximum atomic E-state index is 9.75. The van der Waals surface area contributed by atoms with Gasteiger partial charge in [-0.2, -0.15) is 0 Å². The third-order valence-corrected chi connectivity index (χ3v) is 2.86. The fourth-order valence-corrected chi connectivity index (χ4v) is 1.82. The van der Waals surface area contributed by atoms with Gasteiger partial charge in [0.05, 0.1) is 12.3 Å². The fourth-order valence-electron chi connectivity index (χ4n) is 1.82.